The quantitative estimate of drug-likeness (QED) is 0.259. The van der Waals surface area contributed by atoms with Crippen LogP contribution in [-0.2, 0) is 0 Å². The van der Waals surface area contributed by atoms with Crippen molar-refractivity contribution >= 4 is 55.2 Å². The van der Waals surface area contributed by atoms with Gasteiger partial charge >= 0.3 is 0 Å². The molecule has 30 heavy (non-hydrogen) atoms. The van der Waals surface area contributed by atoms with Crippen molar-refractivity contribution in [3.8, 4) is 0 Å². The lowest BCUT2D eigenvalue weighted by atomic mass is 10.1. The zero-order valence-electron chi connectivity index (χ0n) is 15.8. The molecule has 2 aromatic carbocycles. The van der Waals surface area contributed by atoms with Crippen LogP contribution in [0.1, 0.15) is 0 Å². The van der Waals surface area contributed by atoms with Gasteiger partial charge in [-0.1, -0.05) is 36.4 Å². The van der Waals surface area contributed by atoms with Crippen LogP contribution in [0.4, 0.5) is 11.6 Å². The number of hydrogen-bond acceptors (Lipinski definition) is 6. The van der Waals surface area contributed by atoms with E-state index in [4.69, 9.17) is 0 Å². The first-order valence-electron chi connectivity index (χ1n) is 9.56. The standard InChI is InChI=1S/C24H14N6/c1-3-15-5-7-17-9-11-19(27-23(17)21(15)25-13-1)29-30-20-12-10-18-8-6-16-4-2-14-26-22(16)24(18)28-20/h1-14H. The van der Waals surface area contributed by atoms with Crippen LogP contribution in [0.2, 0.25) is 0 Å². The molecule has 0 fully saturated rings. The maximum atomic E-state index is 4.67. The number of azo groups is 1. The monoisotopic (exact) mass is 386 g/mol. The summed E-state index contributed by atoms with van der Waals surface area (Å²) in [6, 6.07) is 23.7. The van der Waals surface area contributed by atoms with Crippen LogP contribution >= 0.6 is 0 Å². The molecule has 0 radical (unpaired) electrons. The molecule has 0 atom stereocenters. The lowest BCUT2D eigenvalue weighted by molar-refractivity contribution is 1.14. The Kier molecular flexibility index (Phi) is 3.67. The SMILES string of the molecule is c1cnc2c(c1)ccc1ccc(N=Nc3ccc4ccc5cccnc5c4n3)nc12. The van der Waals surface area contributed by atoms with E-state index in [-0.39, 0.29) is 0 Å². The Morgan fingerprint density at radius 1 is 0.433 bits per heavy atom. The van der Waals surface area contributed by atoms with Crippen LogP contribution in [-0.4, -0.2) is 19.9 Å². The van der Waals surface area contributed by atoms with Crippen molar-refractivity contribution in [1.29, 1.82) is 0 Å². The van der Waals surface area contributed by atoms with Crippen molar-refractivity contribution in [2.75, 3.05) is 0 Å². The molecule has 6 aromatic rings. The lowest BCUT2D eigenvalue weighted by Crippen LogP contribution is -1.85. The normalized spacial score (nSPS) is 11.9. The first-order valence-corrected chi connectivity index (χ1v) is 9.56. The molecule has 0 saturated heterocycles. The minimum Gasteiger partial charge on any atom is -0.254 e. The van der Waals surface area contributed by atoms with Gasteiger partial charge in [0.05, 0.1) is 22.1 Å². The summed E-state index contributed by atoms with van der Waals surface area (Å²) in [5.41, 5.74) is 3.33. The Hall–Kier alpha value is -4.32. The Balaban J connectivity index is 1.44. The molecule has 4 heterocycles. The summed E-state index contributed by atoms with van der Waals surface area (Å²) < 4.78 is 0. The highest BCUT2D eigenvalue weighted by molar-refractivity contribution is 6.03. The topological polar surface area (TPSA) is 76.3 Å². The molecule has 0 aliphatic carbocycles. The fraction of sp³-hybridized carbons (Fsp3) is 0. The van der Waals surface area contributed by atoms with Crippen LogP contribution in [0, 0.1) is 0 Å². The lowest BCUT2D eigenvalue weighted by Gasteiger charge is -2.03. The van der Waals surface area contributed by atoms with Crippen molar-refractivity contribution in [1.82, 2.24) is 19.9 Å². The molecule has 0 spiro atoms. The third kappa shape index (κ3) is 2.74. The predicted molar refractivity (Wildman–Crippen MR) is 118 cm³/mol. The van der Waals surface area contributed by atoms with Gasteiger partial charge in [-0.05, 0) is 36.4 Å². The van der Waals surface area contributed by atoms with Crippen molar-refractivity contribution < 1.29 is 0 Å². The van der Waals surface area contributed by atoms with Crippen LogP contribution in [0.15, 0.2) is 95.4 Å². The molecule has 0 aliphatic heterocycles. The number of rotatable bonds is 2. The molecule has 0 unspecified atom stereocenters. The van der Waals surface area contributed by atoms with Gasteiger partial charge in [0.25, 0.3) is 0 Å². The first-order chi connectivity index (χ1) is 14.8. The molecule has 0 amide bonds. The molecule has 0 N–H and O–H groups in total. The van der Waals surface area contributed by atoms with Crippen LogP contribution in [0.5, 0.6) is 0 Å². The van der Waals surface area contributed by atoms with Crippen LogP contribution in [0.3, 0.4) is 0 Å². The molecule has 6 rings (SSSR count). The highest BCUT2D eigenvalue weighted by Crippen LogP contribution is 2.27. The first kappa shape index (κ1) is 16.6. The molecule has 6 heteroatoms. The van der Waals surface area contributed by atoms with Gasteiger partial charge in [-0.15, -0.1) is 10.2 Å². The fourth-order valence-corrected chi connectivity index (χ4v) is 3.64. The zero-order valence-corrected chi connectivity index (χ0v) is 15.8. The summed E-state index contributed by atoms with van der Waals surface area (Å²) in [5, 5.41) is 12.8. The van der Waals surface area contributed by atoms with E-state index in [0.29, 0.717) is 11.6 Å². The molecule has 6 nitrogen and oxygen atoms in total. The van der Waals surface area contributed by atoms with Gasteiger partial charge in [-0.3, -0.25) is 9.97 Å². The summed E-state index contributed by atoms with van der Waals surface area (Å²) in [6.45, 7) is 0. The largest absolute Gasteiger partial charge is 0.254 e. The number of hydrogen-bond donors (Lipinski definition) is 0. The Morgan fingerprint density at radius 2 is 0.833 bits per heavy atom. The van der Waals surface area contributed by atoms with E-state index >= 15 is 0 Å². The Bertz CT molecular complexity index is 1490. The third-order valence-electron chi connectivity index (χ3n) is 5.09. The van der Waals surface area contributed by atoms with E-state index in [1.165, 1.54) is 0 Å². The smallest absolute Gasteiger partial charge is 0.175 e. The molecule has 140 valence electrons. The van der Waals surface area contributed by atoms with E-state index < -0.39 is 0 Å². The fourth-order valence-electron chi connectivity index (χ4n) is 3.64. The Labute approximate surface area is 171 Å². The minimum absolute atomic E-state index is 0.513. The second-order valence-electron chi connectivity index (χ2n) is 6.96. The molecule has 0 saturated carbocycles. The van der Waals surface area contributed by atoms with Gasteiger partial charge in [0.1, 0.15) is 0 Å². The van der Waals surface area contributed by atoms with Gasteiger partial charge in [0, 0.05) is 33.9 Å². The van der Waals surface area contributed by atoms with Gasteiger partial charge in [0.15, 0.2) is 11.6 Å². The summed E-state index contributed by atoms with van der Waals surface area (Å²) >= 11 is 0. The maximum Gasteiger partial charge on any atom is 0.175 e. The van der Waals surface area contributed by atoms with Crippen LogP contribution in [0.25, 0.3) is 43.6 Å². The van der Waals surface area contributed by atoms with Crippen LogP contribution < -0.4 is 0 Å². The summed E-state index contributed by atoms with van der Waals surface area (Å²) in [7, 11) is 0. The summed E-state index contributed by atoms with van der Waals surface area (Å²) in [4.78, 5) is 18.3. The van der Waals surface area contributed by atoms with Gasteiger partial charge in [-0.2, -0.15) is 0 Å². The van der Waals surface area contributed by atoms with E-state index in [2.05, 4.69) is 30.2 Å². The van der Waals surface area contributed by atoms with E-state index in [1.807, 2.05) is 72.8 Å². The highest BCUT2D eigenvalue weighted by atomic mass is 15.2. The number of fused-ring (bicyclic) bond motifs is 6. The van der Waals surface area contributed by atoms with Crippen molar-refractivity contribution in [2.45, 2.75) is 0 Å². The van der Waals surface area contributed by atoms with Crippen molar-refractivity contribution in [2.24, 2.45) is 10.2 Å². The predicted octanol–water partition coefficient (Wildman–Crippen LogP) is 6.29. The van der Waals surface area contributed by atoms with E-state index in [1.54, 1.807) is 12.4 Å². The molecule has 0 aliphatic rings. The second-order valence-corrected chi connectivity index (χ2v) is 6.96. The summed E-state index contributed by atoms with van der Waals surface area (Å²) in [5.74, 6) is 1.03. The average molecular weight is 386 g/mol. The van der Waals surface area contributed by atoms with Gasteiger partial charge < -0.3 is 0 Å². The molecular weight excluding hydrogens is 372 g/mol. The second kappa shape index (κ2) is 6.63. The zero-order chi connectivity index (χ0) is 19.9. The number of aromatic nitrogens is 4. The molecule has 4 aromatic heterocycles. The number of benzene rings is 2. The molecular formula is C24H14N6. The van der Waals surface area contributed by atoms with Gasteiger partial charge in [-0.25, -0.2) is 9.97 Å². The number of nitrogens with zero attached hydrogens (tertiary/aromatic N) is 6. The third-order valence-corrected chi connectivity index (χ3v) is 5.09. The van der Waals surface area contributed by atoms with Crippen molar-refractivity contribution in [3.05, 3.63) is 85.2 Å². The number of pyridine rings is 4. The maximum absolute atomic E-state index is 4.67. The Morgan fingerprint density at radius 3 is 1.30 bits per heavy atom. The van der Waals surface area contributed by atoms with E-state index in [9.17, 15) is 0 Å². The van der Waals surface area contributed by atoms with Crippen molar-refractivity contribution in [3.63, 3.8) is 0 Å². The van der Waals surface area contributed by atoms with E-state index in [0.717, 1.165) is 43.6 Å². The average Bonchev–Trinajstić information content (AvgIpc) is 2.82. The molecule has 0 bridgehead atoms. The highest BCUT2D eigenvalue weighted by Gasteiger charge is 2.06. The van der Waals surface area contributed by atoms with Gasteiger partial charge in [0.2, 0.25) is 0 Å². The minimum atomic E-state index is 0.513. The summed E-state index contributed by atoms with van der Waals surface area (Å²) in [6.07, 6.45) is 3.55.